The highest BCUT2D eigenvalue weighted by molar-refractivity contribution is 5.36. The average molecular weight is 179 g/mol. The molecule has 0 amide bonds. The summed E-state index contributed by atoms with van der Waals surface area (Å²) in [6.07, 6.45) is 2.76. The highest BCUT2D eigenvalue weighted by Gasteiger charge is 2.19. The molecular formula is C10H17N3. The number of nitrogens with two attached hydrogens (primary N) is 1. The summed E-state index contributed by atoms with van der Waals surface area (Å²) in [4.78, 5) is 4.19. The van der Waals surface area contributed by atoms with Crippen LogP contribution in [0.3, 0.4) is 0 Å². The Hall–Kier alpha value is -1.09. The normalized spacial score (nSPS) is 15.0. The van der Waals surface area contributed by atoms with Gasteiger partial charge in [-0.1, -0.05) is 13.0 Å². The molecule has 0 spiro atoms. The third-order valence-corrected chi connectivity index (χ3v) is 2.33. The number of nitrogens with one attached hydrogen (secondary N) is 1. The average Bonchev–Trinajstić information content (AvgIpc) is 2.19. The van der Waals surface area contributed by atoms with Crippen LogP contribution in [0.5, 0.6) is 0 Å². The van der Waals surface area contributed by atoms with Crippen LogP contribution < -0.4 is 11.1 Å². The van der Waals surface area contributed by atoms with Gasteiger partial charge in [0.1, 0.15) is 5.82 Å². The smallest absolute Gasteiger partial charge is 0.126 e. The summed E-state index contributed by atoms with van der Waals surface area (Å²) in [6.45, 7) is 4.82. The lowest BCUT2D eigenvalue weighted by Crippen LogP contribution is -2.42. The third kappa shape index (κ3) is 2.70. The van der Waals surface area contributed by atoms with Gasteiger partial charge in [-0.25, -0.2) is 4.98 Å². The van der Waals surface area contributed by atoms with Crippen molar-refractivity contribution < 1.29 is 0 Å². The first kappa shape index (κ1) is 9.99. The molecule has 13 heavy (non-hydrogen) atoms. The minimum atomic E-state index is -0.0473. The maximum absolute atomic E-state index is 5.68. The predicted molar refractivity (Wildman–Crippen MR) is 55.6 cm³/mol. The molecule has 1 aromatic rings. The topological polar surface area (TPSA) is 50.9 Å². The Morgan fingerprint density at radius 1 is 1.54 bits per heavy atom. The van der Waals surface area contributed by atoms with Gasteiger partial charge in [-0.05, 0) is 25.5 Å². The summed E-state index contributed by atoms with van der Waals surface area (Å²) in [5.74, 6) is 0.886. The number of hydrogen-bond donors (Lipinski definition) is 2. The molecule has 0 aromatic carbocycles. The molecule has 1 unspecified atom stereocenters. The van der Waals surface area contributed by atoms with Crippen molar-refractivity contribution in [1.82, 2.24) is 4.98 Å². The zero-order valence-electron chi connectivity index (χ0n) is 8.25. The Balaban J connectivity index is 2.68. The molecule has 1 atom stereocenters. The highest BCUT2D eigenvalue weighted by Crippen LogP contribution is 2.14. The van der Waals surface area contributed by atoms with E-state index in [1.807, 2.05) is 18.2 Å². The predicted octanol–water partition coefficient (Wildman–Crippen LogP) is 1.62. The second-order valence-corrected chi connectivity index (χ2v) is 3.46. The summed E-state index contributed by atoms with van der Waals surface area (Å²) in [5.41, 5.74) is 5.63. The first-order valence-corrected chi connectivity index (χ1v) is 4.59. The van der Waals surface area contributed by atoms with Crippen LogP contribution in [0.1, 0.15) is 20.3 Å². The first-order chi connectivity index (χ1) is 6.20. The number of pyridine rings is 1. The minimum Gasteiger partial charge on any atom is -0.364 e. The van der Waals surface area contributed by atoms with Gasteiger partial charge in [0.15, 0.2) is 0 Å². The van der Waals surface area contributed by atoms with E-state index in [0.717, 1.165) is 12.2 Å². The lowest BCUT2D eigenvalue weighted by atomic mass is 9.99. The monoisotopic (exact) mass is 179 g/mol. The van der Waals surface area contributed by atoms with Crippen molar-refractivity contribution in [2.45, 2.75) is 25.8 Å². The van der Waals surface area contributed by atoms with E-state index >= 15 is 0 Å². The molecule has 0 fully saturated rings. The van der Waals surface area contributed by atoms with E-state index in [0.29, 0.717) is 6.54 Å². The van der Waals surface area contributed by atoms with Crippen molar-refractivity contribution in [3.63, 3.8) is 0 Å². The molecule has 0 aliphatic carbocycles. The Morgan fingerprint density at radius 3 is 2.77 bits per heavy atom. The molecule has 3 N–H and O–H groups in total. The van der Waals surface area contributed by atoms with Crippen molar-refractivity contribution in [2.24, 2.45) is 5.73 Å². The molecule has 1 aromatic heterocycles. The molecule has 0 aliphatic heterocycles. The quantitative estimate of drug-likeness (QED) is 0.738. The van der Waals surface area contributed by atoms with E-state index in [-0.39, 0.29) is 5.54 Å². The van der Waals surface area contributed by atoms with Gasteiger partial charge in [0.05, 0.1) is 0 Å². The van der Waals surface area contributed by atoms with Crippen molar-refractivity contribution in [1.29, 1.82) is 0 Å². The van der Waals surface area contributed by atoms with Gasteiger partial charge in [-0.3, -0.25) is 0 Å². The van der Waals surface area contributed by atoms with Gasteiger partial charge in [0.2, 0.25) is 0 Å². The van der Waals surface area contributed by atoms with Crippen LogP contribution >= 0.6 is 0 Å². The van der Waals surface area contributed by atoms with Gasteiger partial charge < -0.3 is 11.1 Å². The van der Waals surface area contributed by atoms with Crippen molar-refractivity contribution >= 4 is 5.82 Å². The van der Waals surface area contributed by atoms with Crippen molar-refractivity contribution in [3.8, 4) is 0 Å². The van der Waals surface area contributed by atoms with Crippen molar-refractivity contribution in [2.75, 3.05) is 11.9 Å². The second kappa shape index (κ2) is 4.23. The molecule has 72 valence electrons. The van der Waals surface area contributed by atoms with Gasteiger partial charge in [-0.2, -0.15) is 0 Å². The Bertz CT molecular complexity index is 242. The number of nitrogens with zero attached hydrogens (tertiary/aromatic N) is 1. The molecule has 0 radical (unpaired) electrons. The Kier molecular flexibility index (Phi) is 3.25. The summed E-state index contributed by atoms with van der Waals surface area (Å²) >= 11 is 0. The Labute approximate surface area is 79.4 Å². The minimum absolute atomic E-state index is 0.0473. The molecular weight excluding hydrogens is 162 g/mol. The zero-order valence-corrected chi connectivity index (χ0v) is 8.25. The summed E-state index contributed by atoms with van der Waals surface area (Å²) in [5, 5.41) is 3.32. The fourth-order valence-corrected chi connectivity index (χ4v) is 1.03. The van der Waals surface area contributed by atoms with E-state index in [4.69, 9.17) is 5.73 Å². The van der Waals surface area contributed by atoms with Gasteiger partial charge >= 0.3 is 0 Å². The molecule has 1 heterocycles. The molecule has 3 nitrogen and oxygen atoms in total. The molecule has 1 rings (SSSR count). The van der Waals surface area contributed by atoms with Crippen LogP contribution in [-0.4, -0.2) is 17.1 Å². The van der Waals surface area contributed by atoms with Crippen LogP contribution in [-0.2, 0) is 0 Å². The van der Waals surface area contributed by atoms with E-state index in [9.17, 15) is 0 Å². The highest BCUT2D eigenvalue weighted by atomic mass is 15.1. The molecule has 0 aliphatic rings. The molecule has 0 saturated carbocycles. The fourth-order valence-electron chi connectivity index (χ4n) is 1.03. The van der Waals surface area contributed by atoms with Crippen LogP contribution in [0.25, 0.3) is 0 Å². The third-order valence-electron chi connectivity index (χ3n) is 2.33. The maximum Gasteiger partial charge on any atom is 0.126 e. The summed E-state index contributed by atoms with van der Waals surface area (Å²) < 4.78 is 0. The van der Waals surface area contributed by atoms with Crippen LogP contribution in [0.2, 0.25) is 0 Å². The van der Waals surface area contributed by atoms with Crippen molar-refractivity contribution in [3.05, 3.63) is 24.4 Å². The second-order valence-electron chi connectivity index (χ2n) is 3.46. The van der Waals surface area contributed by atoms with E-state index in [2.05, 4.69) is 24.1 Å². The molecule has 3 heteroatoms. The number of hydrogen-bond acceptors (Lipinski definition) is 3. The number of aromatic nitrogens is 1. The lowest BCUT2D eigenvalue weighted by Gasteiger charge is -2.28. The number of anilines is 1. The summed E-state index contributed by atoms with van der Waals surface area (Å²) in [7, 11) is 0. The fraction of sp³-hybridized carbons (Fsp3) is 0.500. The molecule has 0 saturated heterocycles. The van der Waals surface area contributed by atoms with Crippen LogP contribution in [0.4, 0.5) is 5.82 Å². The Morgan fingerprint density at radius 2 is 2.31 bits per heavy atom. The van der Waals surface area contributed by atoms with E-state index < -0.39 is 0 Å². The lowest BCUT2D eigenvalue weighted by molar-refractivity contribution is 0.504. The standard InChI is InChI=1S/C10H17N3/c1-3-10(2,8-11)13-9-6-4-5-7-12-9/h4-7H,3,8,11H2,1-2H3,(H,12,13). The molecule has 0 bridgehead atoms. The SMILES string of the molecule is CCC(C)(CN)Nc1ccccn1. The zero-order chi connectivity index (χ0) is 9.73. The van der Waals surface area contributed by atoms with Gasteiger partial charge in [0, 0.05) is 18.3 Å². The van der Waals surface area contributed by atoms with E-state index in [1.54, 1.807) is 6.20 Å². The maximum atomic E-state index is 5.68. The first-order valence-electron chi connectivity index (χ1n) is 4.59. The van der Waals surface area contributed by atoms with Gasteiger partial charge in [-0.15, -0.1) is 0 Å². The van der Waals surface area contributed by atoms with Crippen LogP contribution in [0.15, 0.2) is 24.4 Å². The van der Waals surface area contributed by atoms with Crippen LogP contribution in [0, 0.1) is 0 Å². The van der Waals surface area contributed by atoms with Gasteiger partial charge in [0.25, 0.3) is 0 Å². The van der Waals surface area contributed by atoms with E-state index in [1.165, 1.54) is 0 Å². The number of rotatable bonds is 4. The summed E-state index contributed by atoms with van der Waals surface area (Å²) in [6, 6.07) is 5.81. The largest absolute Gasteiger partial charge is 0.364 e.